The van der Waals surface area contributed by atoms with E-state index in [2.05, 4.69) is 20.5 Å². The van der Waals surface area contributed by atoms with E-state index >= 15 is 9.18 Å². The fourth-order valence-corrected chi connectivity index (χ4v) is 14.6. The highest BCUT2D eigenvalue weighted by atomic mass is 35.5. The molecule has 0 bridgehead atoms. The number of nitrogens with zero attached hydrogens (tertiary/aromatic N) is 9. The summed E-state index contributed by atoms with van der Waals surface area (Å²) in [5.74, 6) is -1.08. The van der Waals surface area contributed by atoms with Crippen LogP contribution in [0.25, 0.3) is 16.9 Å². The summed E-state index contributed by atoms with van der Waals surface area (Å²) < 4.78 is 48.4. The van der Waals surface area contributed by atoms with Crippen molar-refractivity contribution in [1.29, 1.82) is 0 Å². The molecule has 3 N–H and O–H groups in total. The van der Waals surface area contributed by atoms with E-state index in [4.69, 9.17) is 28.2 Å². The quantitative estimate of drug-likeness (QED) is 0.0732. The molecule has 4 atom stereocenters. The number of anilines is 2. The Balaban J connectivity index is 0.643. The number of unbranched alkanes of at least 4 members (excludes halogenated alkanes) is 2. The highest BCUT2D eigenvalue weighted by Gasteiger charge is 2.58. The summed E-state index contributed by atoms with van der Waals surface area (Å²) in [6.07, 6.45) is 13.8. The van der Waals surface area contributed by atoms with E-state index in [9.17, 15) is 27.9 Å². The van der Waals surface area contributed by atoms with Gasteiger partial charge < -0.3 is 30.0 Å². The number of hydrogen-bond acceptors (Lipinski definition) is 11. The molecule has 6 aromatic rings. The van der Waals surface area contributed by atoms with Gasteiger partial charge in [0.15, 0.2) is 11.5 Å². The standard InChI is InChI=1S/C60H68Cl2FN11O7S/c1-59(2,3)51(74-54(39-14-17-43(61)18-15-39)46(40-8-7-9-44(62)28-40)32-60(58(74)79)30-45(75)31-60)37-82(80,81)72-26-24-70(25-27-72)53(77)11-6-4-5-10-52(76)69-20-22-71(23-21-69)57(78)41-16-19-48(47(63)29-41)67-55-56-64-35-50(42-33-65-66-34-42)73(56)36-49(68-55)38-12-13-38/h7-9,14-19,28-30,33-36,38,46,51,54,75H,4-6,10-13,20-27,31-32,37H2,1-3H3,(H,65,66)(H,67,68)/t46-,51-,54-,60+/m1/s1. The lowest BCUT2D eigenvalue weighted by Gasteiger charge is -2.56. The predicted octanol–water partition coefficient (Wildman–Crippen LogP) is 9.90. The van der Waals surface area contributed by atoms with Crippen molar-refractivity contribution in [2.45, 2.75) is 102 Å². The maximum atomic E-state index is 15.7. The number of fused-ring (bicyclic) bond motifs is 1. The number of aromatic amines is 1. The van der Waals surface area contributed by atoms with Crippen molar-refractivity contribution in [3.8, 4) is 11.3 Å². The number of amides is 4. The molecular weight excluding hydrogens is 1110 g/mol. The van der Waals surface area contributed by atoms with E-state index in [1.165, 1.54) is 16.4 Å². The number of imidazole rings is 1. The van der Waals surface area contributed by atoms with Crippen LogP contribution in [0.4, 0.5) is 15.9 Å². The number of aromatic nitrogens is 5. The first kappa shape index (κ1) is 57.0. The fraction of sp³-hybridized carbons (Fsp3) is 0.450. The summed E-state index contributed by atoms with van der Waals surface area (Å²) >= 11 is 12.9. The Bertz CT molecular complexity index is 3540. The molecule has 11 rings (SSSR count). The SMILES string of the molecule is CC(C)(C)[C@@H](CS(=O)(=O)N1CCN(C(=O)CCCCCC(=O)N2CCN(C(=O)c3ccc(Nc4nc(C5CC5)cn5c(-c6cn[nH]c6)cnc45)c(F)c3)CC2)CC1)N1C(=O)[C@]2(C=C(O)C2)C[C@H](c2cccc(Cl)c2)[C@H]1c1ccc(Cl)cc1. The van der Waals surface area contributed by atoms with E-state index in [0.29, 0.717) is 85.7 Å². The monoisotopic (exact) mass is 1180 g/mol. The van der Waals surface area contributed by atoms with Crippen LogP contribution in [0.15, 0.2) is 103 Å². The Morgan fingerprint density at radius 3 is 2.13 bits per heavy atom. The zero-order chi connectivity index (χ0) is 57.7. The molecule has 3 saturated heterocycles. The third kappa shape index (κ3) is 11.9. The number of H-pyrrole nitrogens is 1. The number of aliphatic hydroxyl groups excluding tert-OH is 1. The van der Waals surface area contributed by atoms with E-state index in [-0.39, 0.29) is 91.3 Å². The number of piperidine rings is 1. The second-order valence-electron chi connectivity index (χ2n) is 23.6. The maximum Gasteiger partial charge on any atom is 0.254 e. The minimum absolute atomic E-state index is 0.0291. The molecule has 82 heavy (non-hydrogen) atoms. The molecule has 4 amide bonds. The number of likely N-dealkylation sites (tertiary alicyclic amines) is 1. The van der Waals surface area contributed by atoms with Gasteiger partial charge in [0, 0.05) is 117 Å². The fourth-order valence-electron chi connectivity index (χ4n) is 12.3. The van der Waals surface area contributed by atoms with Gasteiger partial charge in [-0.15, -0.1) is 0 Å². The van der Waals surface area contributed by atoms with Crippen molar-refractivity contribution in [3.05, 3.63) is 142 Å². The zero-order valence-corrected chi connectivity index (χ0v) is 48.6. The van der Waals surface area contributed by atoms with Crippen LogP contribution in [0.2, 0.25) is 10.0 Å². The number of halogens is 3. The van der Waals surface area contributed by atoms with Crippen molar-refractivity contribution < 1.29 is 37.1 Å². The smallest absolute Gasteiger partial charge is 0.254 e. The van der Waals surface area contributed by atoms with Crippen LogP contribution in [0.3, 0.4) is 0 Å². The normalized spacial score (nSPS) is 21.2. The highest BCUT2D eigenvalue weighted by molar-refractivity contribution is 7.89. The topological polar surface area (TPSA) is 210 Å². The molecule has 0 radical (unpaired) electrons. The van der Waals surface area contributed by atoms with Gasteiger partial charge in [-0.2, -0.15) is 9.40 Å². The van der Waals surface area contributed by atoms with Crippen LogP contribution in [0, 0.1) is 16.6 Å². The Morgan fingerprint density at radius 1 is 0.854 bits per heavy atom. The molecule has 3 aliphatic heterocycles. The van der Waals surface area contributed by atoms with Crippen LogP contribution >= 0.6 is 23.2 Å². The lowest BCUT2D eigenvalue weighted by atomic mass is 9.61. The van der Waals surface area contributed by atoms with Gasteiger partial charge in [0.1, 0.15) is 5.82 Å². The van der Waals surface area contributed by atoms with E-state index in [1.54, 1.807) is 68.5 Å². The van der Waals surface area contributed by atoms with Crippen LogP contribution in [-0.4, -0.2) is 150 Å². The van der Waals surface area contributed by atoms with E-state index in [0.717, 1.165) is 40.9 Å². The molecule has 5 aliphatic rings. The lowest BCUT2D eigenvalue weighted by molar-refractivity contribution is -0.157. The van der Waals surface area contributed by atoms with Crippen LogP contribution < -0.4 is 5.32 Å². The lowest BCUT2D eigenvalue weighted by Crippen LogP contribution is -2.62. The second-order valence-corrected chi connectivity index (χ2v) is 26.5. The molecule has 22 heteroatoms. The molecule has 18 nitrogen and oxygen atoms in total. The Hall–Kier alpha value is -6.87. The molecule has 2 aliphatic carbocycles. The first-order valence-electron chi connectivity index (χ1n) is 28.3. The van der Waals surface area contributed by atoms with Gasteiger partial charge in [-0.25, -0.2) is 22.8 Å². The summed E-state index contributed by atoms with van der Waals surface area (Å²) in [4.78, 5) is 71.6. The van der Waals surface area contributed by atoms with Crippen LogP contribution in [0.1, 0.15) is 124 Å². The van der Waals surface area contributed by atoms with Crippen molar-refractivity contribution >= 4 is 74.0 Å². The Morgan fingerprint density at radius 2 is 1.52 bits per heavy atom. The molecule has 432 valence electrons. The number of rotatable bonds is 17. The number of benzene rings is 3. The number of carbonyl (C=O) groups excluding carboxylic acids is 4. The number of allylic oxidation sites excluding steroid dienone is 1. The molecular formula is C60H68Cl2FN11O7S. The summed E-state index contributed by atoms with van der Waals surface area (Å²) in [5, 5.41) is 21.6. The van der Waals surface area contributed by atoms with Gasteiger partial charge in [0.05, 0.1) is 58.5 Å². The van der Waals surface area contributed by atoms with E-state index in [1.807, 2.05) is 61.7 Å². The molecule has 3 aromatic heterocycles. The highest BCUT2D eigenvalue weighted by Crippen LogP contribution is 2.58. The van der Waals surface area contributed by atoms with Gasteiger partial charge in [-0.05, 0) is 97.2 Å². The summed E-state index contributed by atoms with van der Waals surface area (Å²) in [7, 11) is -3.99. The molecule has 0 unspecified atom stereocenters. The van der Waals surface area contributed by atoms with Gasteiger partial charge >= 0.3 is 0 Å². The second kappa shape index (κ2) is 23.1. The summed E-state index contributed by atoms with van der Waals surface area (Å²) in [6, 6.07) is 17.8. The number of carbonyl (C=O) groups is 4. The third-order valence-electron chi connectivity index (χ3n) is 17.0. The number of nitrogens with one attached hydrogen (secondary N) is 2. The zero-order valence-electron chi connectivity index (χ0n) is 46.2. The van der Waals surface area contributed by atoms with Gasteiger partial charge in [-0.3, -0.25) is 28.7 Å². The van der Waals surface area contributed by atoms with Gasteiger partial charge in [-0.1, -0.05) is 74.7 Å². The molecule has 1 spiro atoms. The minimum Gasteiger partial charge on any atom is -0.513 e. The summed E-state index contributed by atoms with van der Waals surface area (Å²) in [6.45, 7) is 7.80. The molecule has 1 saturated carbocycles. The first-order valence-corrected chi connectivity index (χ1v) is 30.6. The van der Waals surface area contributed by atoms with Crippen molar-refractivity contribution in [3.63, 3.8) is 0 Å². The third-order valence-corrected chi connectivity index (χ3v) is 19.4. The van der Waals surface area contributed by atoms with Crippen LogP contribution in [0.5, 0.6) is 0 Å². The van der Waals surface area contributed by atoms with Gasteiger partial charge in [0.2, 0.25) is 27.7 Å². The van der Waals surface area contributed by atoms with E-state index < -0.39 is 38.8 Å². The number of hydrogen-bond donors (Lipinski definition) is 3. The van der Waals surface area contributed by atoms with Gasteiger partial charge in [0.25, 0.3) is 5.91 Å². The maximum absolute atomic E-state index is 15.7. The van der Waals surface area contributed by atoms with Crippen LogP contribution in [-0.2, 0) is 24.4 Å². The largest absolute Gasteiger partial charge is 0.513 e. The number of aliphatic hydroxyl groups is 1. The average molecular weight is 1180 g/mol. The Kier molecular flexibility index (Phi) is 16.0. The molecule has 6 heterocycles. The Labute approximate surface area is 486 Å². The van der Waals surface area contributed by atoms with Crippen molar-refractivity contribution in [1.82, 2.24) is 48.5 Å². The van der Waals surface area contributed by atoms with Crippen molar-refractivity contribution in [2.24, 2.45) is 10.8 Å². The average Bonchev–Trinajstić information content (AvgIpc) is 4.00. The molecule has 3 aromatic carbocycles. The number of piperazine rings is 2. The number of sulfonamides is 1. The van der Waals surface area contributed by atoms with Crippen molar-refractivity contribution in [2.75, 3.05) is 63.4 Å². The first-order chi connectivity index (χ1) is 39.2. The minimum atomic E-state index is -3.99. The molecule has 4 fully saturated rings. The summed E-state index contributed by atoms with van der Waals surface area (Å²) in [5.41, 5.74) is 3.40. The predicted molar refractivity (Wildman–Crippen MR) is 311 cm³/mol.